The highest BCUT2D eigenvalue weighted by atomic mass is 79.9. The maximum atomic E-state index is 12.3. The summed E-state index contributed by atoms with van der Waals surface area (Å²) in [6, 6.07) is 2.15. The highest BCUT2D eigenvalue weighted by Crippen LogP contribution is 2.36. The molecule has 0 spiro atoms. The van der Waals surface area contributed by atoms with Crippen molar-refractivity contribution >= 4 is 27.8 Å². The first-order valence-electron chi connectivity index (χ1n) is 5.75. The van der Waals surface area contributed by atoms with Gasteiger partial charge in [0.1, 0.15) is 6.04 Å². The maximum absolute atomic E-state index is 12.3. The van der Waals surface area contributed by atoms with Gasteiger partial charge in [-0.3, -0.25) is 4.79 Å². The Morgan fingerprint density at radius 3 is 2.35 bits per heavy atom. The summed E-state index contributed by atoms with van der Waals surface area (Å²) in [6.45, 7) is 1.44. The standard InChI is InChI=1S/C13H16BrNO5/c1-7(13(17)18)15(2)12(16)8-5-9(14)11(20-4)10(6-8)19-3/h5-7H,1-4H3,(H,17,18). The summed E-state index contributed by atoms with van der Waals surface area (Å²) in [5, 5.41) is 8.94. The van der Waals surface area contributed by atoms with E-state index in [0.717, 1.165) is 4.90 Å². The molecule has 1 aromatic carbocycles. The third kappa shape index (κ3) is 3.22. The van der Waals surface area contributed by atoms with Crippen LogP contribution in [0.25, 0.3) is 0 Å². The average molecular weight is 346 g/mol. The zero-order valence-corrected chi connectivity index (χ0v) is 13.2. The van der Waals surface area contributed by atoms with Crippen LogP contribution in [0.4, 0.5) is 0 Å². The summed E-state index contributed by atoms with van der Waals surface area (Å²) in [4.78, 5) is 24.3. The fraction of sp³-hybridized carbons (Fsp3) is 0.385. The Labute approximate surface area is 125 Å². The van der Waals surface area contributed by atoms with Crippen molar-refractivity contribution in [3.8, 4) is 11.5 Å². The molecule has 1 rings (SSSR count). The van der Waals surface area contributed by atoms with E-state index < -0.39 is 17.9 Å². The van der Waals surface area contributed by atoms with Crippen molar-refractivity contribution in [3.05, 3.63) is 22.2 Å². The lowest BCUT2D eigenvalue weighted by atomic mass is 10.1. The third-order valence-corrected chi connectivity index (χ3v) is 3.53. The number of carboxylic acids is 1. The molecule has 20 heavy (non-hydrogen) atoms. The van der Waals surface area contributed by atoms with Crippen LogP contribution < -0.4 is 9.47 Å². The molecule has 7 heteroatoms. The number of hydrogen-bond acceptors (Lipinski definition) is 4. The molecule has 0 aliphatic carbocycles. The smallest absolute Gasteiger partial charge is 0.326 e. The molecule has 110 valence electrons. The molecule has 6 nitrogen and oxygen atoms in total. The highest BCUT2D eigenvalue weighted by molar-refractivity contribution is 9.10. The molecule has 1 atom stereocenters. The number of ether oxygens (including phenoxy) is 2. The van der Waals surface area contributed by atoms with Crippen LogP contribution in [0.3, 0.4) is 0 Å². The predicted octanol–water partition coefficient (Wildman–Crippen LogP) is 2.01. The lowest BCUT2D eigenvalue weighted by Gasteiger charge is -2.22. The Morgan fingerprint density at radius 1 is 1.30 bits per heavy atom. The monoisotopic (exact) mass is 345 g/mol. The number of carbonyl (C=O) groups excluding carboxylic acids is 1. The minimum Gasteiger partial charge on any atom is -0.493 e. The summed E-state index contributed by atoms with van der Waals surface area (Å²) in [5.74, 6) is -0.624. The molecular formula is C13H16BrNO5. The van der Waals surface area contributed by atoms with E-state index in [-0.39, 0.29) is 0 Å². The molecule has 0 heterocycles. The molecule has 0 saturated heterocycles. The van der Waals surface area contributed by atoms with E-state index in [0.29, 0.717) is 21.5 Å². The van der Waals surface area contributed by atoms with Crippen molar-refractivity contribution in [1.29, 1.82) is 0 Å². The molecule has 0 bridgehead atoms. The molecule has 1 N–H and O–H groups in total. The van der Waals surface area contributed by atoms with Gasteiger partial charge in [-0.1, -0.05) is 0 Å². The molecule has 0 saturated carbocycles. The topological polar surface area (TPSA) is 76.1 Å². The number of halogens is 1. The molecule has 0 aromatic heterocycles. The van der Waals surface area contributed by atoms with E-state index in [1.54, 1.807) is 6.07 Å². The van der Waals surface area contributed by atoms with Gasteiger partial charge in [0.25, 0.3) is 5.91 Å². The Morgan fingerprint density at radius 2 is 1.90 bits per heavy atom. The number of carbonyl (C=O) groups is 2. The van der Waals surface area contributed by atoms with Gasteiger partial charge in [0, 0.05) is 12.6 Å². The van der Waals surface area contributed by atoms with Crippen molar-refractivity contribution in [2.45, 2.75) is 13.0 Å². The van der Waals surface area contributed by atoms with Crippen LogP contribution >= 0.6 is 15.9 Å². The molecule has 0 aliphatic heterocycles. The summed E-state index contributed by atoms with van der Waals surface area (Å²) >= 11 is 3.29. The Balaban J connectivity index is 3.17. The fourth-order valence-electron chi connectivity index (χ4n) is 1.59. The van der Waals surface area contributed by atoms with E-state index in [9.17, 15) is 9.59 Å². The second-order valence-electron chi connectivity index (χ2n) is 4.12. The Hall–Kier alpha value is -1.76. The second kappa shape index (κ2) is 6.60. The van der Waals surface area contributed by atoms with Crippen molar-refractivity contribution in [1.82, 2.24) is 4.90 Å². The summed E-state index contributed by atoms with van der Waals surface area (Å²) in [6.07, 6.45) is 0. The number of hydrogen-bond donors (Lipinski definition) is 1. The number of benzene rings is 1. The summed E-state index contributed by atoms with van der Waals surface area (Å²) in [7, 11) is 4.39. The first-order valence-corrected chi connectivity index (χ1v) is 6.54. The highest BCUT2D eigenvalue weighted by Gasteiger charge is 2.24. The Kier molecular flexibility index (Phi) is 5.38. The molecule has 0 radical (unpaired) electrons. The van der Waals surface area contributed by atoms with Crippen LogP contribution in [0.2, 0.25) is 0 Å². The van der Waals surface area contributed by atoms with E-state index in [1.165, 1.54) is 34.3 Å². The number of amides is 1. The number of methoxy groups -OCH3 is 2. The van der Waals surface area contributed by atoms with Crippen molar-refractivity contribution < 1.29 is 24.2 Å². The quantitative estimate of drug-likeness (QED) is 0.883. The number of carboxylic acid groups (broad SMARTS) is 1. The van der Waals surface area contributed by atoms with Gasteiger partial charge in [0.2, 0.25) is 0 Å². The van der Waals surface area contributed by atoms with Gasteiger partial charge in [0.05, 0.1) is 18.7 Å². The number of nitrogens with zero attached hydrogens (tertiary/aromatic N) is 1. The van der Waals surface area contributed by atoms with E-state index in [2.05, 4.69) is 15.9 Å². The van der Waals surface area contributed by atoms with Gasteiger partial charge in [-0.05, 0) is 35.0 Å². The first-order chi connectivity index (χ1) is 9.33. The third-order valence-electron chi connectivity index (χ3n) is 2.94. The minimum absolute atomic E-state index is 0.310. The first kappa shape index (κ1) is 16.3. The van der Waals surface area contributed by atoms with Crippen molar-refractivity contribution in [2.75, 3.05) is 21.3 Å². The number of aliphatic carboxylic acids is 1. The normalized spacial score (nSPS) is 11.7. The van der Waals surface area contributed by atoms with Gasteiger partial charge in [-0.2, -0.15) is 0 Å². The predicted molar refractivity (Wildman–Crippen MR) is 76.4 cm³/mol. The SMILES string of the molecule is COc1cc(C(=O)N(C)C(C)C(=O)O)cc(Br)c1OC. The van der Waals surface area contributed by atoms with Gasteiger partial charge in [0.15, 0.2) is 11.5 Å². The summed E-state index contributed by atoms with van der Waals surface area (Å²) in [5.41, 5.74) is 0.310. The van der Waals surface area contributed by atoms with Gasteiger partial charge in [-0.25, -0.2) is 4.79 Å². The molecule has 0 aliphatic rings. The van der Waals surface area contributed by atoms with Gasteiger partial charge in [-0.15, -0.1) is 0 Å². The lowest BCUT2D eigenvalue weighted by Crippen LogP contribution is -2.40. The lowest BCUT2D eigenvalue weighted by molar-refractivity contribution is -0.141. The molecule has 1 amide bonds. The van der Waals surface area contributed by atoms with Gasteiger partial charge < -0.3 is 19.5 Å². The van der Waals surface area contributed by atoms with E-state index in [4.69, 9.17) is 14.6 Å². The zero-order valence-electron chi connectivity index (χ0n) is 11.6. The number of likely N-dealkylation sites (N-methyl/N-ethyl adjacent to an activating group) is 1. The molecule has 0 fully saturated rings. The maximum Gasteiger partial charge on any atom is 0.326 e. The van der Waals surface area contributed by atoms with Crippen LogP contribution in [0, 0.1) is 0 Å². The van der Waals surface area contributed by atoms with Gasteiger partial charge >= 0.3 is 5.97 Å². The largest absolute Gasteiger partial charge is 0.493 e. The van der Waals surface area contributed by atoms with Crippen LogP contribution in [0.1, 0.15) is 17.3 Å². The van der Waals surface area contributed by atoms with Crippen LogP contribution in [-0.4, -0.2) is 49.2 Å². The van der Waals surface area contributed by atoms with Crippen molar-refractivity contribution in [2.24, 2.45) is 0 Å². The second-order valence-corrected chi connectivity index (χ2v) is 4.98. The van der Waals surface area contributed by atoms with Crippen LogP contribution in [-0.2, 0) is 4.79 Å². The Bertz CT molecular complexity index is 532. The van der Waals surface area contributed by atoms with E-state index in [1.807, 2.05) is 0 Å². The van der Waals surface area contributed by atoms with Crippen molar-refractivity contribution in [3.63, 3.8) is 0 Å². The average Bonchev–Trinajstić information content (AvgIpc) is 2.43. The minimum atomic E-state index is -1.07. The van der Waals surface area contributed by atoms with Crippen LogP contribution in [0.5, 0.6) is 11.5 Å². The summed E-state index contributed by atoms with van der Waals surface area (Å²) < 4.78 is 10.9. The molecule has 1 unspecified atom stereocenters. The van der Waals surface area contributed by atoms with Crippen LogP contribution in [0.15, 0.2) is 16.6 Å². The number of rotatable bonds is 5. The fourth-order valence-corrected chi connectivity index (χ4v) is 2.19. The van der Waals surface area contributed by atoms with E-state index >= 15 is 0 Å². The molecule has 1 aromatic rings. The zero-order chi connectivity index (χ0) is 15.4. The molecular weight excluding hydrogens is 330 g/mol.